The largest absolute Gasteiger partial charge is 0.480 e. The molecule has 96 valence electrons. The van der Waals surface area contributed by atoms with Gasteiger partial charge in [0.25, 0.3) is 0 Å². The maximum atomic E-state index is 10.6. The van der Waals surface area contributed by atoms with E-state index >= 15 is 0 Å². The van der Waals surface area contributed by atoms with Crippen LogP contribution in [0.5, 0.6) is 0 Å². The summed E-state index contributed by atoms with van der Waals surface area (Å²) >= 11 is 0. The van der Waals surface area contributed by atoms with Gasteiger partial charge in [-0.2, -0.15) is 0 Å². The van der Waals surface area contributed by atoms with Crippen LogP contribution in [0.1, 0.15) is 32.4 Å². The van der Waals surface area contributed by atoms with E-state index in [1.54, 1.807) is 10.9 Å². The number of carbonyl (C=O) groups is 1. The standard InChI is InChI=1S/C11H20N4O2/c1-3-4-8(2)6-15-7-9(13-14-15)5-10(12)11(16)17/h7-8,10H,3-6,12H2,1-2H3,(H,16,17). The van der Waals surface area contributed by atoms with Gasteiger partial charge in [0, 0.05) is 19.2 Å². The molecule has 0 amide bonds. The lowest BCUT2D eigenvalue weighted by molar-refractivity contribution is -0.138. The molecule has 3 N–H and O–H groups in total. The van der Waals surface area contributed by atoms with Gasteiger partial charge in [-0.15, -0.1) is 5.10 Å². The summed E-state index contributed by atoms with van der Waals surface area (Å²) in [5.74, 6) is -0.471. The lowest BCUT2D eigenvalue weighted by Gasteiger charge is -2.08. The molecule has 6 heteroatoms. The first-order valence-electron chi connectivity index (χ1n) is 5.90. The van der Waals surface area contributed by atoms with Crippen LogP contribution in [0.15, 0.2) is 6.20 Å². The molecule has 1 heterocycles. The molecule has 0 saturated heterocycles. The van der Waals surface area contributed by atoms with Gasteiger partial charge in [0.05, 0.1) is 5.69 Å². The topological polar surface area (TPSA) is 94.0 Å². The van der Waals surface area contributed by atoms with Gasteiger partial charge in [-0.05, 0) is 12.3 Å². The number of hydrogen-bond donors (Lipinski definition) is 2. The Hall–Kier alpha value is -1.43. The number of nitrogens with two attached hydrogens (primary N) is 1. The van der Waals surface area contributed by atoms with Crippen molar-refractivity contribution in [3.8, 4) is 0 Å². The van der Waals surface area contributed by atoms with E-state index in [1.165, 1.54) is 0 Å². The summed E-state index contributed by atoms with van der Waals surface area (Å²) in [7, 11) is 0. The quantitative estimate of drug-likeness (QED) is 0.730. The van der Waals surface area contributed by atoms with Crippen LogP contribution in [0, 0.1) is 5.92 Å². The van der Waals surface area contributed by atoms with Gasteiger partial charge in [-0.25, -0.2) is 0 Å². The molecule has 0 bridgehead atoms. The Kier molecular flexibility index (Phi) is 5.09. The maximum absolute atomic E-state index is 10.6. The monoisotopic (exact) mass is 240 g/mol. The van der Waals surface area contributed by atoms with Gasteiger partial charge >= 0.3 is 5.97 Å². The highest BCUT2D eigenvalue weighted by Crippen LogP contribution is 2.08. The number of aliphatic carboxylic acids is 1. The lowest BCUT2D eigenvalue weighted by atomic mass is 10.1. The van der Waals surface area contributed by atoms with Crippen LogP contribution in [-0.4, -0.2) is 32.1 Å². The number of carboxylic acids is 1. The first-order chi connectivity index (χ1) is 8.02. The predicted octanol–water partition coefficient (Wildman–Crippen LogP) is 0.669. The third kappa shape index (κ3) is 4.52. The third-order valence-electron chi connectivity index (χ3n) is 2.61. The Bertz CT molecular complexity index is 364. The average molecular weight is 240 g/mol. The molecule has 2 unspecified atom stereocenters. The molecule has 17 heavy (non-hydrogen) atoms. The van der Waals surface area contributed by atoms with Gasteiger partial charge in [0.15, 0.2) is 0 Å². The van der Waals surface area contributed by atoms with Crippen LogP contribution in [-0.2, 0) is 17.8 Å². The van der Waals surface area contributed by atoms with Gasteiger partial charge in [-0.1, -0.05) is 25.5 Å². The zero-order valence-electron chi connectivity index (χ0n) is 10.3. The van der Waals surface area contributed by atoms with Crippen molar-refractivity contribution < 1.29 is 9.90 Å². The van der Waals surface area contributed by atoms with Crippen molar-refractivity contribution in [3.63, 3.8) is 0 Å². The minimum Gasteiger partial charge on any atom is -0.480 e. The zero-order valence-corrected chi connectivity index (χ0v) is 10.3. The van der Waals surface area contributed by atoms with Crippen molar-refractivity contribution in [2.24, 2.45) is 11.7 Å². The molecule has 1 aromatic heterocycles. The van der Waals surface area contributed by atoms with E-state index in [0.29, 0.717) is 11.6 Å². The van der Waals surface area contributed by atoms with Crippen LogP contribution in [0.25, 0.3) is 0 Å². The molecule has 0 aliphatic heterocycles. The minimum atomic E-state index is -1.01. The summed E-state index contributed by atoms with van der Waals surface area (Å²) in [6.07, 6.45) is 4.28. The predicted molar refractivity (Wildman–Crippen MR) is 63.4 cm³/mol. The Morgan fingerprint density at radius 2 is 2.35 bits per heavy atom. The highest BCUT2D eigenvalue weighted by molar-refractivity contribution is 5.73. The van der Waals surface area contributed by atoms with Crippen molar-refractivity contribution in [1.29, 1.82) is 0 Å². The number of hydrogen-bond acceptors (Lipinski definition) is 4. The molecule has 0 fully saturated rings. The Morgan fingerprint density at radius 1 is 1.65 bits per heavy atom. The summed E-state index contributed by atoms with van der Waals surface area (Å²) in [6, 6.07) is -0.909. The number of rotatable bonds is 7. The lowest BCUT2D eigenvalue weighted by Crippen LogP contribution is -2.32. The fourth-order valence-electron chi connectivity index (χ4n) is 1.74. The van der Waals surface area contributed by atoms with E-state index in [9.17, 15) is 4.79 Å². The van der Waals surface area contributed by atoms with Gasteiger partial charge in [-0.3, -0.25) is 9.48 Å². The zero-order chi connectivity index (χ0) is 12.8. The van der Waals surface area contributed by atoms with Crippen molar-refractivity contribution >= 4 is 5.97 Å². The molecule has 1 aromatic rings. The summed E-state index contributed by atoms with van der Waals surface area (Å²) in [4.78, 5) is 10.6. The average Bonchev–Trinajstić information content (AvgIpc) is 2.65. The summed E-state index contributed by atoms with van der Waals surface area (Å²) in [6.45, 7) is 5.12. The molecule has 0 aliphatic rings. The molecule has 1 rings (SSSR count). The SMILES string of the molecule is CCCC(C)Cn1cc(CC(N)C(=O)O)nn1. The highest BCUT2D eigenvalue weighted by Gasteiger charge is 2.14. The van der Waals surface area contributed by atoms with Crippen LogP contribution in [0.4, 0.5) is 0 Å². The molecule has 0 aromatic carbocycles. The molecule has 0 spiro atoms. The first kappa shape index (κ1) is 13.6. The Labute approximate surface area is 101 Å². The van der Waals surface area contributed by atoms with Gasteiger partial charge in [0.2, 0.25) is 0 Å². The van der Waals surface area contributed by atoms with Crippen LogP contribution >= 0.6 is 0 Å². The smallest absolute Gasteiger partial charge is 0.320 e. The van der Waals surface area contributed by atoms with Gasteiger partial charge in [0.1, 0.15) is 6.04 Å². The molecular formula is C11H20N4O2. The second kappa shape index (κ2) is 6.34. The third-order valence-corrected chi connectivity index (χ3v) is 2.61. The van der Waals surface area contributed by atoms with Crippen molar-refractivity contribution in [3.05, 3.63) is 11.9 Å². The van der Waals surface area contributed by atoms with E-state index < -0.39 is 12.0 Å². The van der Waals surface area contributed by atoms with E-state index in [4.69, 9.17) is 10.8 Å². The van der Waals surface area contributed by atoms with E-state index in [0.717, 1.165) is 19.4 Å². The van der Waals surface area contributed by atoms with Crippen LogP contribution in [0.3, 0.4) is 0 Å². The summed E-state index contributed by atoms with van der Waals surface area (Å²) < 4.78 is 1.75. The van der Waals surface area contributed by atoms with Crippen molar-refractivity contribution in [2.75, 3.05) is 0 Å². The number of carboxylic acid groups (broad SMARTS) is 1. The van der Waals surface area contributed by atoms with Crippen molar-refractivity contribution in [2.45, 2.75) is 45.7 Å². The van der Waals surface area contributed by atoms with Crippen LogP contribution in [0.2, 0.25) is 0 Å². The van der Waals surface area contributed by atoms with Crippen molar-refractivity contribution in [1.82, 2.24) is 15.0 Å². The summed E-state index contributed by atoms with van der Waals surface area (Å²) in [5, 5.41) is 16.6. The number of aromatic nitrogens is 3. The first-order valence-corrected chi connectivity index (χ1v) is 5.90. The maximum Gasteiger partial charge on any atom is 0.320 e. The van der Waals surface area contributed by atoms with Gasteiger partial charge < -0.3 is 10.8 Å². The minimum absolute atomic E-state index is 0.220. The molecular weight excluding hydrogens is 220 g/mol. The Morgan fingerprint density at radius 3 is 2.94 bits per heavy atom. The fraction of sp³-hybridized carbons (Fsp3) is 0.727. The normalized spacial score (nSPS) is 14.5. The van der Waals surface area contributed by atoms with Crippen LogP contribution < -0.4 is 5.73 Å². The fourth-order valence-corrected chi connectivity index (χ4v) is 1.74. The molecule has 0 saturated carbocycles. The Balaban J connectivity index is 2.50. The molecule has 2 atom stereocenters. The second-order valence-corrected chi connectivity index (χ2v) is 4.47. The van der Waals surface area contributed by atoms with E-state index in [-0.39, 0.29) is 6.42 Å². The second-order valence-electron chi connectivity index (χ2n) is 4.47. The highest BCUT2D eigenvalue weighted by atomic mass is 16.4. The number of nitrogens with zero attached hydrogens (tertiary/aromatic N) is 3. The molecule has 0 aliphatic carbocycles. The molecule has 0 radical (unpaired) electrons. The molecule has 6 nitrogen and oxygen atoms in total. The summed E-state index contributed by atoms with van der Waals surface area (Å²) in [5.41, 5.74) is 6.06. The van der Waals surface area contributed by atoms with E-state index in [2.05, 4.69) is 24.2 Å². The van der Waals surface area contributed by atoms with E-state index in [1.807, 2.05) is 0 Å².